The molecule has 0 aliphatic heterocycles. The maximum absolute atomic E-state index is 5.18. The van der Waals surface area contributed by atoms with Crippen LogP contribution in [0.15, 0.2) is 35.0 Å². The van der Waals surface area contributed by atoms with E-state index >= 15 is 0 Å². The van der Waals surface area contributed by atoms with Gasteiger partial charge in [0.2, 0.25) is 5.89 Å². The minimum absolute atomic E-state index is 0.635. The Labute approximate surface area is 124 Å². The van der Waals surface area contributed by atoms with Crippen LogP contribution in [-0.2, 0) is 19.5 Å². The molecule has 0 atom stereocenters. The minimum atomic E-state index is 0.635. The second kappa shape index (κ2) is 6.10. The Morgan fingerprint density at radius 2 is 2.10 bits per heavy atom. The Hall–Kier alpha value is -2.14. The van der Waals surface area contributed by atoms with Gasteiger partial charge in [0.05, 0.1) is 6.54 Å². The van der Waals surface area contributed by atoms with Gasteiger partial charge in [-0.15, -0.1) is 0 Å². The van der Waals surface area contributed by atoms with Crippen molar-refractivity contribution in [3.05, 3.63) is 47.7 Å². The molecule has 0 bridgehead atoms. The van der Waals surface area contributed by atoms with Crippen LogP contribution in [0.2, 0.25) is 0 Å². The zero-order chi connectivity index (χ0) is 14.7. The van der Waals surface area contributed by atoms with Gasteiger partial charge in [-0.1, -0.05) is 37.2 Å². The Kier molecular flexibility index (Phi) is 4.01. The average molecular weight is 284 g/mol. The van der Waals surface area contributed by atoms with Crippen molar-refractivity contribution < 1.29 is 4.52 Å². The van der Waals surface area contributed by atoms with Crippen LogP contribution >= 0.6 is 0 Å². The van der Waals surface area contributed by atoms with E-state index in [1.54, 1.807) is 0 Å². The first kappa shape index (κ1) is 13.8. The fourth-order valence-electron chi connectivity index (χ4n) is 2.50. The molecule has 0 fully saturated rings. The van der Waals surface area contributed by atoms with Crippen molar-refractivity contribution in [2.24, 2.45) is 0 Å². The Balaban J connectivity index is 1.93. The highest BCUT2D eigenvalue weighted by Crippen LogP contribution is 2.22. The number of para-hydroxylation sites is 1. The van der Waals surface area contributed by atoms with E-state index < -0.39 is 0 Å². The number of nitrogens with zero attached hydrogens (tertiary/aromatic N) is 3. The van der Waals surface area contributed by atoms with Gasteiger partial charge < -0.3 is 14.4 Å². The van der Waals surface area contributed by atoms with Crippen molar-refractivity contribution in [2.75, 3.05) is 6.54 Å². The number of aromatic nitrogens is 3. The highest BCUT2D eigenvalue weighted by atomic mass is 16.5. The van der Waals surface area contributed by atoms with Gasteiger partial charge in [-0.2, -0.15) is 4.98 Å². The molecule has 5 nitrogen and oxygen atoms in total. The molecule has 1 N–H and O–H groups in total. The van der Waals surface area contributed by atoms with Crippen molar-refractivity contribution in [2.45, 2.75) is 33.4 Å². The van der Waals surface area contributed by atoms with E-state index in [4.69, 9.17) is 4.52 Å². The molecule has 0 saturated carbocycles. The van der Waals surface area contributed by atoms with Gasteiger partial charge in [0.15, 0.2) is 5.82 Å². The first-order chi connectivity index (χ1) is 10.3. The molecule has 3 rings (SSSR count). The molecule has 2 heterocycles. The Morgan fingerprint density at radius 3 is 2.86 bits per heavy atom. The van der Waals surface area contributed by atoms with Crippen molar-refractivity contribution in [3.8, 4) is 0 Å². The summed E-state index contributed by atoms with van der Waals surface area (Å²) in [6.45, 7) is 6.60. The molecular formula is C16H20N4O. The molecule has 21 heavy (non-hydrogen) atoms. The zero-order valence-electron chi connectivity index (χ0n) is 12.5. The first-order valence-electron chi connectivity index (χ1n) is 7.40. The fraction of sp³-hybridized carbons (Fsp3) is 0.375. The standard InChI is InChI=1S/C16H20N4O/c1-3-16-18-15(19-21-16)11-20-10-12(9-17-4-2)13-7-5-6-8-14(13)20/h5-8,10,17H,3-4,9,11H2,1-2H3. The Morgan fingerprint density at radius 1 is 1.24 bits per heavy atom. The number of nitrogens with one attached hydrogen (secondary N) is 1. The Bertz CT molecular complexity index is 729. The van der Waals surface area contributed by atoms with Gasteiger partial charge in [-0.25, -0.2) is 0 Å². The van der Waals surface area contributed by atoms with Crippen LogP contribution in [0.1, 0.15) is 31.1 Å². The molecule has 2 aromatic heterocycles. The number of fused-ring (bicyclic) bond motifs is 1. The van der Waals surface area contributed by atoms with Gasteiger partial charge in [0.1, 0.15) is 0 Å². The molecule has 0 spiro atoms. The molecule has 0 aliphatic rings. The molecule has 0 aliphatic carbocycles. The summed E-state index contributed by atoms with van der Waals surface area (Å²) in [6.07, 6.45) is 2.94. The quantitative estimate of drug-likeness (QED) is 0.756. The molecule has 0 amide bonds. The van der Waals surface area contributed by atoms with Crippen LogP contribution < -0.4 is 5.32 Å². The van der Waals surface area contributed by atoms with Crippen LogP contribution in [0.4, 0.5) is 0 Å². The number of rotatable bonds is 6. The lowest BCUT2D eigenvalue weighted by atomic mass is 10.2. The fourth-order valence-corrected chi connectivity index (χ4v) is 2.50. The van der Waals surface area contributed by atoms with E-state index in [-0.39, 0.29) is 0 Å². The average Bonchev–Trinajstić information content (AvgIpc) is 3.11. The van der Waals surface area contributed by atoms with Gasteiger partial charge >= 0.3 is 0 Å². The first-order valence-corrected chi connectivity index (χ1v) is 7.40. The monoisotopic (exact) mass is 284 g/mol. The molecule has 3 aromatic rings. The van der Waals surface area contributed by atoms with E-state index in [0.717, 1.165) is 25.3 Å². The van der Waals surface area contributed by atoms with E-state index in [0.29, 0.717) is 12.4 Å². The third kappa shape index (κ3) is 2.83. The largest absolute Gasteiger partial charge is 0.339 e. The summed E-state index contributed by atoms with van der Waals surface area (Å²) < 4.78 is 7.37. The van der Waals surface area contributed by atoms with Crippen LogP contribution in [0.5, 0.6) is 0 Å². The van der Waals surface area contributed by atoms with Crippen LogP contribution in [0.3, 0.4) is 0 Å². The number of hydrogen-bond donors (Lipinski definition) is 1. The van der Waals surface area contributed by atoms with E-state index in [2.05, 4.69) is 57.4 Å². The SMILES string of the molecule is CCNCc1cn(Cc2noc(CC)n2)c2ccccc12. The van der Waals surface area contributed by atoms with Gasteiger partial charge in [-0.05, 0) is 18.2 Å². The molecule has 1 aromatic carbocycles. The summed E-state index contributed by atoms with van der Waals surface area (Å²) in [6, 6.07) is 8.42. The van der Waals surface area contributed by atoms with Crippen molar-refractivity contribution in [1.29, 1.82) is 0 Å². The molecule has 0 unspecified atom stereocenters. The number of hydrogen-bond acceptors (Lipinski definition) is 4. The van der Waals surface area contributed by atoms with E-state index in [1.165, 1.54) is 16.5 Å². The summed E-state index contributed by atoms with van der Waals surface area (Å²) in [7, 11) is 0. The van der Waals surface area contributed by atoms with Crippen molar-refractivity contribution in [1.82, 2.24) is 20.0 Å². The normalized spacial score (nSPS) is 11.3. The third-order valence-corrected chi connectivity index (χ3v) is 3.56. The van der Waals surface area contributed by atoms with Crippen LogP contribution in [0, 0.1) is 0 Å². The summed E-state index contributed by atoms with van der Waals surface area (Å²) >= 11 is 0. The highest BCUT2D eigenvalue weighted by Gasteiger charge is 2.11. The van der Waals surface area contributed by atoms with Gasteiger partial charge in [0.25, 0.3) is 0 Å². The number of benzene rings is 1. The summed E-state index contributed by atoms with van der Waals surface area (Å²) in [5, 5.41) is 8.70. The number of aryl methyl sites for hydroxylation is 1. The van der Waals surface area contributed by atoms with Crippen LogP contribution in [-0.4, -0.2) is 21.3 Å². The maximum Gasteiger partial charge on any atom is 0.226 e. The zero-order valence-corrected chi connectivity index (χ0v) is 12.5. The second-order valence-electron chi connectivity index (χ2n) is 5.04. The van der Waals surface area contributed by atoms with E-state index in [9.17, 15) is 0 Å². The van der Waals surface area contributed by atoms with Crippen LogP contribution in [0.25, 0.3) is 10.9 Å². The molecule has 5 heteroatoms. The molecule has 0 radical (unpaired) electrons. The molecule has 110 valence electrons. The van der Waals surface area contributed by atoms with E-state index in [1.807, 2.05) is 6.92 Å². The highest BCUT2D eigenvalue weighted by molar-refractivity contribution is 5.84. The topological polar surface area (TPSA) is 55.9 Å². The lowest BCUT2D eigenvalue weighted by molar-refractivity contribution is 0.375. The summed E-state index contributed by atoms with van der Waals surface area (Å²) in [5.41, 5.74) is 2.50. The minimum Gasteiger partial charge on any atom is -0.339 e. The smallest absolute Gasteiger partial charge is 0.226 e. The third-order valence-electron chi connectivity index (χ3n) is 3.56. The predicted octanol–water partition coefficient (Wildman–Crippen LogP) is 2.74. The van der Waals surface area contributed by atoms with Gasteiger partial charge in [0, 0.05) is 30.1 Å². The molecular weight excluding hydrogens is 264 g/mol. The van der Waals surface area contributed by atoms with Crippen molar-refractivity contribution in [3.63, 3.8) is 0 Å². The lowest BCUT2D eigenvalue weighted by Crippen LogP contribution is -2.11. The second-order valence-corrected chi connectivity index (χ2v) is 5.04. The summed E-state index contributed by atoms with van der Waals surface area (Å²) in [5.74, 6) is 1.41. The molecule has 0 saturated heterocycles. The van der Waals surface area contributed by atoms with Crippen molar-refractivity contribution >= 4 is 10.9 Å². The maximum atomic E-state index is 5.18. The van der Waals surface area contributed by atoms with Gasteiger partial charge in [-0.3, -0.25) is 0 Å². The summed E-state index contributed by atoms with van der Waals surface area (Å²) in [4.78, 5) is 4.39. The predicted molar refractivity (Wildman–Crippen MR) is 82.1 cm³/mol. The lowest BCUT2D eigenvalue weighted by Gasteiger charge is -2.00.